The van der Waals surface area contributed by atoms with E-state index in [9.17, 15) is 13.2 Å². The van der Waals surface area contributed by atoms with E-state index in [1.54, 1.807) is 28.4 Å². The quantitative estimate of drug-likeness (QED) is 0.782. The Bertz CT molecular complexity index is 963. The lowest BCUT2D eigenvalue weighted by Gasteiger charge is -2.33. The number of fused-ring (bicyclic) bond motifs is 1. The Labute approximate surface area is 176 Å². The van der Waals surface area contributed by atoms with Crippen LogP contribution in [0.4, 0.5) is 11.4 Å². The van der Waals surface area contributed by atoms with E-state index in [0.717, 1.165) is 30.8 Å². The molecule has 1 fully saturated rings. The van der Waals surface area contributed by atoms with Crippen LogP contribution in [0.2, 0.25) is 0 Å². The van der Waals surface area contributed by atoms with Crippen molar-refractivity contribution in [3.8, 4) is 0 Å². The van der Waals surface area contributed by atoms with Crippen molar-refractivity contribution in [1.82, 2.24) is 4.90 Å². The third kappa shape index (κ3) is 4.59. The number of thiophene rings is 1. The summed E-state index contributed by atoms with van der Waals surface area (Å²) in [6.07, 6.45) is 4.44. The predicted molar refractivity (Wildman–Crippen MR) is 118 cm³/mol. The number of hydrogen-bond donors (Lipinski definition) is 1. The number of sulfonamides is 1. The lowest BCUT2D eigenvalue weighted by Crippen LogP contribution is -2.42. The highest BCUT2D eigenvalue weighted by Gasteiger charge is 2.30. The van der Waals surface area contributed by atoms with E-state index in [-0.39, 0.29) is 11.9 Å². The Morgan fingerprint density at radius 3 is 2.55 bits per heavy atom. The first kappa shape index (κ1) is 20.2. The van der Waals surface area contributed by atoms with Crippen LogP contribution in [0.15, 0.2) is 35.7 Å². The molecule has 4 rings (SSSR count). The third-order valence-corrected chi connectivity index (χ3v) is 7.94. The fraction of sp³-hybridized carbons (Fsp3) is 0.476. The van der Waals surface area contributed by atoms with Gasteiger partial charge in [0.2, 0.25) is 15.9 Å². The summed E-state index contributed by atoms with van der Waals surface area (Å²) < 4.78 is 27.7. The highest BCUT2D eigenvalue weighted by atomic mass is 32.2. The van der Waals surface area contributed by atoms with E-state index < -0.39 is 15.8 Å². The third-order valence-electron chi connectivity index (χ3n) is 5.77. The van der Waals surface area contributed by atoms with Crippen molar-refractivity contribution in [2.24, 2.45) is 0 Å². The molecule has 3 heterocycles. The number of hydrogen-bond acceptors (Lipinski definition) is 5. The second-order valence-electron chi connectivity index (χ2n) is 7.77. The molecule has 1 atom stereocenters. The summed E-state index contributed by atoms with van der Waals surface area (Å²) in [5, 5.41) is 2.03. The first-order chi connectivity index (χ1) is 13.9. The molecule has 0 spiro atoms. The van der Waals surface area contributed by atoms with Gasteiger partial charge in [0.1, 0.15) is 5.75 Å². The molecule has 1 aromatic carbocycles. The first-order valence-corrected chi connectivity index (χ1v) is 12.7. The Morgan fingerprint density at radius 2 is 1.83 bits per heavy atom. The van der Waals surface area contributed by atoms with Gasteiger partial charge in [0.25, 0.3) is 0 Å². The molecule has 2 aliphatic rings. The van der Waals surface area contributed by atoms with Gasteiger partial charge in [0, 0.05) is 35.9 Å². The van der Waals surface area contributed by atoms with E-state index in [1.807, 2.05) is 30.5 Å². The zero-order chi connectivity index (χ0) is 20.4. The van der Waals surface area contributed by atoms with E-state index >= 15 is 0 Å². The van der Waals surface area contributed by atoms with Crippen LogP contribution in [-0.4, -0.2) is 44.6 Å². The van der Waals surface area contributed by atoms with Crippen LogP contribution in [0.25, 0.3) is 0 Å². The fourth-order valence-electron chi connectivity index (χ4n) is 4.20. The molecule has 6 nitrogen and oxygen atoms in total. The van der Waals surface area contributed by atoms with Crippen LogP contribution < -0.4 is 9.62 Å². The van der Waals surface area contributed by atoms with Gasteiger partial charge in [0.05, 0.1) is 6.04 Å². The molecule has 2 aliphatic heterocycles. The summed E-state index contributed by atoms with van der Waals surface area (Å²) in [7, 11) is -3.76. The largest absolute Gasteiger partial charge is 0.372 e. The summed E-state index contributed by atoms with van der Waals surface area (Å²) in [6, 6.07) is 9.36. The van der Waals surface area contributed by atoms with Gasteiger partial charge in [-0.1, -0.05) is 0 Å². The molecule has 8 heteroatoms. The van der Waals surface area contributed by atoms with Crippen LogP contribution in [0, 0.1) is 0 Å². The Kier molecular flexibility index (Phi) is 5.83. The number of piperidine rings is 1. The molecule has 1 amide bonds. The van der Waals surface area contributed by atoms with Gasteiger partial charge in [0.15, 0.2) is 0 Å². The average Bonchev–Trinajstić information content (AvgIpc) is 3.18. The zero-order valence-corrected chi connectivity index (χ0v) is 18.3. The van der Waals surface area contributed by atoms with Crippen molar-refractivity contribution in [3.63, 3.8) is 0 Å². The lowest BCUT2D eigenvalue weighted by molar-refractivity contribution is -0.130. The van der Waals surface area contributed by atoms with Crippen molar-refractivity contribution in [1.29, 1.82) is 0 Å². The Morgan fingerprint density at radius 1 is 1.10 bits per heavy atom. The number of amides is 1. The molecule has 0 saturated carbocycles. The molecule has 29 heavy (non-hydrogen) atoms. The number of carbonyl (C=O) groups is 1. The molecule has 1 saturated heterocycles. The van der Waals surface area contributed by atoms with Crippen molar-refractivity contribution >= 4 is 38.6 Å². The van der Waals surface area contributed by atoms with Gasteiger partial charge in [-0.15, -0.1) is 11.3 Å². The van der Waals surface area contributed by atoms with Crippen LogP contribution in [-0.2, 0) is 21.2 Å². The van der Waals surface area contributed by atoms with E-state index in [0.29, 0.717) is 12.2 Å². The smallest absolute Gasteiger partial charge is 0.241 e. The molecule has 0 aliphatic carbocycles. The van der Waals surface area contributed by atoms with Gasteiger partial charge in [-0.25, -0.2) is 8.42 Å². The van der Waals surface area contributed by atoms with Crippen molar-refractivity contribution in [2.45, 2.75) is 38.6 Å². The van der Waals surface area contributed by atoms with Gasteiger partial charge in [-0.05, 0) is 73.9 Å². The maximum Gasteiger partial charge on any atom is 0.241 e. The summed E-state index contributed by atoms with van der Waals surface area (Å²) in [5.41, 5.74) is 2.73. The lowest BCUT2D eigenvalue weighted by atomic mass is 10.0. The molecule has 156 valence electrons. The van der Waals surface area contributed by atoms with E-state index in [1.165, 1.54) is 24.1 Å². The van der Waals surface area contributed by atoms with Crippen molar-refractivity contribution < 1.29 is 13.2 Å². The number of benzene rings is 1. The molecule has 0 radical (unpaired) electrons. The van der Waals surface area contributed by atoms with Crippen molar-refractivity contribution in [2.75, 3.05) is 35.0 Å². The highest BCUT2D eigenvalue weighted by molar-refractivity contribution is 7.93. The number of nitrogens with zero attached hydrogens (tertiary/aromatic N) is 2. The van der Waals surface area contributed by atoms with Crippen molar-refractivity contribution in [3.05, 3.63) is 46.2 Å². The summed E-state index contributed by atoms with van der Waals surface area (Å²) in [6.45, 7) is 4.61. The molecule has 1 unspecified atom stereocenters. The van der Waals surface area contributed by atoms with Crippen LogP contribution in [0.5, 0.6) is 0 Å². The topological polar surface area (TPSA) is 69.7 Å². The fourth-order valence-corrected chi connectivity index (χ4v) is 6.22. The minimum absolute atomic E-state index is 0.0865. The van der Waals surface area contributed by atoms with Gasteiger partial charge in [-0.3, -0.25) is 9.52 Å². The number of nitrogens with one attached hydrogen (secondary N) is 1. The number of carbonyl (C=O) groups excluding carboxylic acids is 1. The monoisotopic (exact) mass is 433 g/mol. The molecular formula is C21H27N3O3S2. The number of anilines is 2. The van der Waals surface area contributed by atoms with Gasteiger partial charge < -0.3 is 9.80 Å². The zero-order valence-electron chi connectivity index (χ0n) is 16.6. The second kappa shape index (κ2) is 8.36. The van der Waals surface area contributed by atoms with Gasteiger partial charge >= 0.3 is 0 Å². The summed E-state index contributed by atoms with van der Waals surface area (Å²) in [4.78, 5) is 18.0. The van der Waals surface area contributed by atoms with Crippen LogP contribution in [0.3, 0.4) is 0 Å². The standard InChI is InChI=1S/C21H27N3O3S2/c1-16-19-10-14-28-20(19)9-13-24(16)21(25)15-29(26,27)22-17-5-7-18(8-6-17)23-11-3-2-4-12-23/h5-8,10,14,16,22H,2-4,9,11-13,15H2,1H3. The first-order valence-electron chi connectivity index (χ1n) is 10.1. The van der Waals surface area contributed by atoms with E-state index in [4.69, 9.17) is 0 Å². The molecule has 1 aromatic heterocycles. The maximum atomic E-state index is 12.7. The minimum Gasteiger partial charge on any atom is -0.372 e. The second-order valence-corrected chi connectivity index (χ2v) is 10.5. The Balaban J connectivity index is 1.38. The summed E-state index contributed by atoms with van der Waals surface area (Å²) in [5.74, 6) is -0.892. The SMILES string of the molecule is CC1c2ccsc2CCN1C(=O)CS(=O)(=O)Nc1ccc(N2CCCCC2)cc1. The molecular weight excluding hydrogens is 406 g/mol. The average molecular weight is 434 g/mol. The Hall–Kier alpha value is -2.06. The van der Waals surface area contributed by atoms with Crippen LogP contribution >= 0.6 is 11.3 Å². The number of rotatable bonds is 5. The predicted octanol–water partition coefficient (Wildman–Crippen LogP) is 3.63. The summed E-state index contributed by atoms with van der Waals surface area (Å²) >= 11 is 1.70. The molecule has 0 bridgehead atoms. The normalized spacial score (nSPS) is 19.7. The van der Waals surface area contributed by atoms with Gasteiger partial charge in [-0.2, -0.15) is 0 Å². The van der Waals surface area contributed by atoms with Crippen LogP contribution in [0.1, 0.15) is 42.7 Å². The maximum absolute atomic E-state index is 12.7. The highest BCUT2D eigenvalue weighted by Crippen LogP contribution is 2.33. The molecule has 2 aromatic rings. The minimum atomic E-state index is -3.76. The molecule has 1 N–H and O–H groups in total. The van der Waals surface area contributed by atoms with E-state index in [2.05, 4.69) is 9.62 Å².